The van der Waals surface area contributed by atoms with Gasteiger partial charge in [-0.3, -0.25) is 4.79 Å². The molecule has 0 aromatic carbocycles. The molecule has 1 aromatic heterocycles. The number of hydrogen-bond donors (Lipinski definition) is 1. The molecular weight excluding hydrogens is 152 g/mol. The first-order valence-electron chi connectivity index (χ1n) is 4.25. The highest BCUT2D eigenvalue weighted by Gasteiger charge is 2.36. The fraction of sp³-hybridized carbons (Fsp3) is 0.556. The van der Waals surface area contributed by atoms with E-state index in [0.717, 1.165) is 12.1 Å². The van der Waals surface area contributed by atoms with Crippen LogP contribution in [0.2, 0.25) is 0 Å². The molecule has 0 amide bonds. The number of aromatic nitrogens is 2. The van der Waals surface area contributed by atoms with Crippen LogP contribution in [0.1, 0.15) is 42.5 Å². The number of rotatable bonds is 2. The molecule has 0 bridgehead atoms. The summed E-state index contributed by atoms with van der Waals surface area (Å²) in [4.78, 5) is 17.6. The molecule has 3 nitrogen and oxygen atoms in total. The summed E-state index contributed by atoms with van der Waals surface area (Å²) in [5.74, 6) is 0.968. The molecule has 1 aromatic rings. The average Bonchev–Trinajstić information content (AvgIpc) is 2.48. The van der Waals surface area contributed by atoms with Gasteiger partial charge in [0.1, 0.15) is 5.82 Å². The number of carbonyl (C=O) groups is 1. The third-order valence-electron chi connectivity index (χ3n) is 2.75. The van der Waals surface area contributed by atoms with Crippen LogP contribution in [-0.4, -0.2) is 16.3 Å². The highest BCUT2D eigenvalue weighted by atomic mass is 16.1. The quantitative estimate of drug-likeness (QED) is 0.676. The Labute approximate surface area is 71.2 Å². The van der Waals surface area contributed by atoms with Crippen molar-refractivity contribution in [2.45, 2.75) is 31.6 Å². The summed E-state index contributed by atoms with van der Waals surface area (Å²) in [5.41, 5.74) is 0.791. The predicted molar refractivity (Wildman–Crippen MR) is 45.2 cm³/mol. The SMILES string of the molecule is CC1(c2ncc(C=O)[nH]2)CCC1. The summed E-state index contributed by atoms with van der Waals surface area (Å²) < 4.78 is 0. The summed E-state index contributed by atoms with van der Waals surface area (Å²) in [6.45, 7) is 2.18. The van der Waals surface area contributed by atoms with Gasteiger partial charge in [0.2, 0.25) is 0 Å². The van der Waals surface area contributed by atoms with E-state index in [-0.39, 0.29) is 5.41 Å². The van der Waals surface area contributed by atoms with Crippen LogP contribution in [0, 0.1) is 0 Å². The fourth-order valence-corrected chi connectivity index (χ4v) is 1.65. The van der Waals surface area contributed by atoms with E-state index in [1.165, 1.54) is 19.3 Å². The Morgan fingerprint density at radius 1 is 1.67 bits per heavy atom. The first kappa shape index (κ1) is 7.53. The number of nitrogens with one attached hydrogen (secondary N) is 1. The van der Waals surface area contributed by atoms with Crippen molar-refractivity contribution in [3.8, 4) is 0 Å². The van der Waals surface area contributed by atoms with Crippen molar-refractivity contribution in [3.05, 3.63) is 17.7 Å². The van der Waals surface area contributed by atoms with Crippen LogP contribution in [0.4, 0.5) is 0 Å². The average molecular weight is 164 g/mol. The van der Waals surface area contributed by atoms with Gasteiger partial charge < -0.3 is 4.98 Å². The lowest BCUT2D eigenvalue weighted by Gasteiger charge is -2.36. The van der Waals surface area contributed by atoms with E-state index in [9.17, 15) is 4.79 Å². The number of imidazole rings is 1. The number of hydrogen-bond acceptors (Lipinski definition) is 2. The minimum Gasteiger partial charge on any atom is -0.339 e. The Hall–Kier alpha value is -1.12. The lowest BCUT2D eigenvalue weighted by Crippen LogP contribution is -2.31. The molecule has 2 rings (SSSR count). The molecule has 0 unspecified atom stereocenters. The molecular formula is C9H12N2O. The maximum Gasteiger partial charge on any atom is 0.167 e. The molecule has 1 N–H and O–H groups in total. The molecule has 0 radical (unpaired) electrons. The van der Waals surface area contributed by atoms with Crippen LogP contribution in [0.15, 0.2) is 6.20 Å². The van der Waals surface area contributed by atoms with E-state index in [1.54, 1.807) is 6.20 Å². The Morgan fingerprint density at radius 3 is 2.83 bits per heavy atom. The highest BCUT2D eigenvalue weighted by Crippen LogP contribution is 2.41. The second kappa shape index (κ2) is 2.44. The van der Waals surface area contributed by atoms with Gasteiger partial charge in [0, 0.05) is 5.41 Å². The Kier molecular flexibility index (Phi) is 1.53. The van der Waals surface area contributed by atoms with Gasteiger partial charge >= 0.3 is 0 Å². The van der Waals surface area contributed by atoms with Crippen LogP contribution >= 0.6 is 0 Å². The first-order chi connectivity index (χ1) is 5.74. The molecule has 12 heavy (non-hydrogen) atoms. The number of aldehydes is 1. The summed E-state index contributed by atoms with van der Waals surface area (Å²) in [5, 5.41) is 0. The van der Waals surface area contributed by atoms with Gasteiger partial charge in [-0.25, -0.2) is 4.98 Å². The lowest BCUT2D eigenvalue weighted by molar-refractivity contribution is 0.111. The van der Waals surface area contributed by atoms with Crippen LogP contribution in [-0.2, 0) is 5.41 Å². The van der Waals surface area contributed by atoms with Crippen molar-refractivity contribution >= 4 is 6.29 Å². The van der Waals surface area contributed by atoms with Crippen molar-refractivity contribution in [2.24, 2.45) is 0 Å². The molecule has 64 valence electrons. The van der Waals surface area contributed by atoms with Crippen LogP contribution < -0.4 is 0 Å². The summed E-state index contributed by atoms with van der Waals surface area (Å²) in [7, 11) is 0. The summed E-state index contributed by atoms with van der Waals surface area (Å²) in [6.07, 6.45) is 6.04. The van der Waals surface area contributed by atoms with E-state index in [0.29, 0.717) is 5.69 Å². The monoisotopic (exact) mass is 164 g/mol. The van der Waals surface area contributed by atoms with Gasteiger partial charge in [-0.05, 0) is 12.8 Å². The highest BCUT2D eigenvalue weighted by molar-refractivity contribution is 5.71. The molecule has 0 saturated heterocycles. The molecule has 1 heterocycles. The second-order valence-electron chi connectivity index (χ2n) is 3.72. The number of nitrogens with zero attached hydrogens (tertiary/aromatic N) is 1. The molecule has 0 aliphatic heterocycles. The molecule has 1 aliphatic rings. The zero-order valence-electron chi connectivity index (χ0n) is 7.13. The Morgan fingerprint density at radius 2 is 2.42 bits per heavy atom. The first-order valence-corrected chi connectivity index (χ1v) is 4.25. The number of H-pyrrole nitrogens is 1. The Balaban J connectivity index is 2.27. The minimum atomic E-state index is 0.210. The fourth-order valence-electron chi connectivity index (χ4n) is 1.65. The standard InChI is InChI=1S/C9H12N2O/c1-9(3-2-4-9)8-10-5-7(6-12)11-8/h5-6H,2-4H2,1H3,(H,10,11). The van der Waals surface area contributed by atoms with Crippen molar-refractivity contribution in [1.29, 1.82) is 0 Å². The van der Waals surface area contributed by atoms with Crippen LogP contribution in [0.25, 0.3) is 0 Å². The molecule has 1 saturated carbocycles. The van der Waals surface area contributed by atoms with E-state index in [2.05, 4.69) is 16.9 Å². The van der Waals surface area contributed by atoms with Crippen LogP contribution in [0.5, 0.6) is 0 Å². The largest absolute Gasteiger partial charge is 0.339 e. The van der Waals surface area contributed by atoms with E-state index in [4.69, 9.17) is 0 Å². The summed E-state index contributed by atoms with van der Waals surface area (Å²) in [6, 6.07) is 0. The van der Waals surface area contributed by atoms with E-state index in [1.807, 2.05) is 0 Å². The minimum absolute atomic E-state index is 0.210. The molecule has 0 atom stereocenters. The molecule has 1 fully saturated rings. The van der Waals surface area contributed by atoms with Gasteiger partial charge in [0.25, 0.3) is 0 Å². The van der Waals surface area contributed by atoms with Crippen LogP contribution in [0.3, 0.4) is 0 Å². The van der Waals surface area contributed by atoms with Crippen molar-refractivity contribution in [1.82, 2.24) is 9.97 Å². The summed E-state index contributed by atoms with van der Waals surface area (Å²) >= 11 is 0. The zero-order valence-corrected chi connectivity index (χ0v) is 7.13. The van der Waals surface area contributed by atoms with Crippen molar-refractivity contribution in [2.75, 3.05) is 0 Å². The van der Waals surface area contributed by atoms with Gasteiger partial charge in [-0.15, -0.1) is 0 Å². The molecule has 3 heteroatoms. The third-order valence-corrected chi connectivity index (χ3v) is 2.75. The zero-order chi connectivity index (χ0) is 8.60. The molecule has 1 aliphatic carbocycles. The number of aromatic amines is 1. The van der Waals surface area contributed by atoms with Gasteiger partial charge in [-0.1, -0.05) is 13.3 Å². The van der Waals surface area contributed by atoms with E-state index < -0.39 is 0 Å². The lowest BCUT2D eigenvalue weighted by atomic mass is 9.70. The predicted octanol–water partition coefficient (Wildman–Crippen LogP) is 1.66. The second-order valence-corrected chi connectivity index (χ2v) is 3.72. The topological polar surface area (TPSA) is 45.8 Å². The number of carbonyl (C=O) groups excluding carboxylic acids is 1. The smallest absolute Gasteiger partial charge is 0.167 e. The van der Waals surface area contributed by atoms with Gasteiger partial charge in [-0.2, -0.15) is 0 Å². The van der Waals surface area contributed by atoms with Crippen molar-refractivity contribution in [3.63, 3.8) is 0 Å². The van der Waals surface area contributed by atoms with Crippen molar-refractivity contribution < 1.29 is 4.79 Å². The normalized spacial score (nSPS) is 20.1. The Bertz CT molecular complexity index is 299. The maximum absolute atomic E-state index is 10.4. The van der Waals surface area contributed by atoms with Gasteiger partial charge in [0.15, 0.2) is 6.29 Å². The third kappa shape index (κ3) is 0.967. The molecule has 0 spiro atoms. The van der Waals surface area contributed by atoms with E-state index >= 15 is 0 Å². The maximum atomic E-state index is 10.4. The van der Waals surface area contributed by atoms with Gasteiger partial charge in [0.05, 0.1) is 11.9 Å².